The van der Waals surface area contributed by atoms with Gasteiger partial charge in [0, 0.05) is 46.5 Å². The second kappa shape index (κ2) is 13.6. The van der Waals surface area contributed by atoms with Crippen LogP contribution < -0.4 is 5.32 Å². The van der Waals surface area contributed by atoms with Crippen LogP contribution in [0.3, 0.4) is 0 Å². The molecule has 1 aliphatic rings. The Morgan fingerprint density at radius 1 is 1.13 bits per heavy atom. The molecule has 136 valence electrons. The van der Waals surface area contributed by atoms with Crippen molar-refractivity contribution in [1.29, 1.82) is 0 Å². The minimum absolute atomic E-state index is 0.420. The third kappa shape index (κ3) is 9.13. The Bertz CT molecular complexity index is 305. The summed E-state index contributed by atoms with van der Waals surface area (Å²) < 4.78 is 16.1. The first-order valence-corrected chi connectivity index (χ1v) is 9.03. The fourth-order valence-electron chi connectivity index (χ4n) is 2.64. The Kier molecular flexibility index (Phi) is 11.9. The third-order valence-electron chi connectivity index (χ3n) is 3.87. The van der Waals surface area contributed by atoms with Gasteiger partial charge in [-0.1, -0.05) is 0 Å². The van der Waals surface area contributed by atoms with Gasteiger partial charge < -0.3 is 24.4 Å². The van der Waals surface area contributed by atoms with Crippen molar-refractivity contribution in [2.45, 2.75) is 45.6 Å². The van der Waals surface area contributed by atoms with E-state index in [2.05, 4.69) is 24.1 Å². The number of hydrogen-bond acceptors (Lipinski definition) is 4. The molecule has 0 aromatic heterocycles. The number of methoxy groups -OCH3 is 1. The number of ether oxygens (including phenoxy) is 3. The molecule has 23 heavy (non-hydrogen) atoms. The van der Waals surface area contributed by atoms with Crippen LogP contribution in [-0.4, -0.2) is 76.7 Å². The Morgan fingerprint density at radius 2 is 1.91 bits per heavy atom. The maximum absolute atomic E-state index is 5.71. The minimum atomic E-state index is 0.420. The Morgan fingerprint density at radius 3 is 2.57 bits per heavy atom. The summed E-state index contributed by atoms with van der Waals surface area (Å²) >= 11 is 0. The number of hydrogen-bond donors (Lipinski definition) is 1. The number of guanidine groups is 1. The highest BCUT2D eigenvalue weighted by Crippen LogP contribution is 2.13. The van der Waals surface area contributed by atoms with Gasteiger partial charge in [-0.15, -0.1) is 0 Å². The van der Waals surface area contributed by atoms with Crippen molar-refractivity contribution >= 4 is 5.96 Å². The highest BCUT2D eigenvalue weighted by molar-refractivity contribution is 5.80. The van der Waals surface area contributed by atoms with Crippen LogP contribution >= 0.6 is 0 Å². The molecule has 1 aliphatic heterocycles. The minimum Gasteiger partial charge on any atom is -0.382 e. The first-order chi connectivity index (χ1) is 11.3. The molecule has 1 saturated heterocycles. The van der Waals surface area contributed by atoms with Crippen LogP contribution in [0.1, 0.15) is 39.5 Å². The normalized spacial score (nSPS) is 16.8. The van der Waals surface area contributed by atoms with E-state index in [4.69, 9.17) is 19.2 Å². The number of aliphatic imine (C=N–C) groups is 1. The first kappa shape index (κ1) is 20.2. The fraction of sp³-hybridized carbons (Fsp3) is 0.941. The molecular weight excluding hydrogens is 294 g/mol. The van der Waals surface area contributed by atoms with Crippen molar-refractivity contribution in [3.63, 3.8) is 0 Å². The molecular formula is C17H35N3O3. The molecule has 0 radical (unpaired) electrons. The van der Waals surface area contributed by atoms with Crippen molar-refractivity contribution in [2.24, 2.45) is 4.99 Å². The van der Waals surface area contributed by atoms with Gasteiger partial charge in [0.15, 0.2) is 5.96 Å². The molecule has 0 atom stereocenters. The number of likely N-dealkylation sites (tertiary alicyclic amines) is 1. The van der Waals surface area contributed by atoms with Crippen LogP contribution in [-0.2, 0) is 14.2 Å². The Hall–Kier alpha value is -0.850. The van der Waals surface area contributed by atoms with Gasteiger partial charge >= 0.3 is 0 Å². The molecule has 1 rings (SSSR count). The lowest BCUT2D eigenvalue weighted by Gasteiger charge is -2.34. The topological polar surface area (TPSA) is 55.3 Å². The summed E-state index contributed by atoms with van der Waals surface area (Å²) in [6.07, 6.45) is 4.69. The second-order valence-electron chi connectivity index (χ2n) is 5.69. The van der Waals surface area contributed by atoms with Gasteiger partial charge in [-0.25, -0.2) is 0 Å². The van der Waals surface area contributed by atoms with Gasteiger partial charge in [0.05, 0.1) is 19.3 Å². The number of piperidine rings is 1. The molecule has 0 bridgehead atoms. The smallest absolute Gasteiger partial charge is 0.193 e. The lowest BCUT2D eigenvalue weighted by Crippen LogP contribution is -2.47. The average molecular weight is 329 g/mol. The summed E-state index contributed by atoms with van der Waals surface area (Å²) in [5.74, 6) is 1.04. The summed E-state index contributed by atoms with van der Waals surface area (Å²) in [4.78, 5) is 7.11. The van der Waals surface area contributed by atoms with Crippen LogP contribution in [0.15, 0.2) is 4.99 Å². The monoisotopic (exact) mass is 329 g/mol. The van der Waals surface area contributed by atoms with Crippen molar-refractivity contribution < 1.29 is 14.2 Å². The lowest BCUT2D eigenvalue weighted by atomic mass is 10.1. The molecule has 1 N–H and O–H groups in total. The molecule has 0 amide bonds. The maximum atomic E-state index is 5.71. The lowest BCUT2D eigenvalue weighted by molar-refractivity contribution is 0.0263. The van der Waals surface area contributed by atoms with Crippen molar-refractivity contribution in [1.82, 2.24) is 10.2 Å². The van der Waals surface area contributed by atoms with Gasteiger partial charge in [-0.3, -0.25) is 4.99 Å². The second-order valence-corrected chi connectivity index (χ2v) is 5.69. The van der Waals surface area contributed by atoms with E-state index in [0.29, 0.717) is 19.3 Å². The predicted molar refractivity (Wildman–Crippen MR) is 94.1 cm³/mol. The number of rotatable bonds is 11. The maximum Gasteiger partial charge on any atom is 0.193 e. The SMILES string of the molecule is CCNC(=NCCCCOCCOC)N1CCC(OCC)CC1. The van der Waals surface area contributed by atoms with E-state index in [1.165, 1.54) is 0 Å². The third-order valence-corrected chi connectivity index (χ3v) is 3.87. The Balaban J connectivity index is 2.22. The van der Waals surface area contributed by atoms with E-state index in [0.717, 1.165) is 71.0 Å². The molecule has 0 spiro atoms. The van der Waals surface area contributed by atoms with Crippen LogP contribution in [0.25, 0.3) is 0 Å². The molecule has 0 aliphatic carbocycles. The molecule has 6 heteroatoms. The Labute approximate surface area is 141 Å². The molecule has 0 aromatic rings. The van der Waals surface area contributed by atoms with E-state index in [1.807, 2.05) is 0 Å². The van der Waals surface area contributed by atoms with Gasteiger partial charge in [0.2, 0.25) is 0 Å². The molecule has 0 saturated carbocycles. The summed E-state index contributed by atoms with van der Waals surface area (Å²) in [5, 5.41) is 3.41. The first-order valence-electron chi connectivity index (χ1n) is 9.03. The van der Waals surface area contributed by atoms with Crippen LogP contribution in [0.2, 0.25) is 0 Å². The predicted octanol–water partition coefficient (Wildman–Crippen LogP) is 1.90. The van der Waals surface area contributed by atoms with Crippen molar-refractivity contribution in [2.75, 3.05) is 59.7 Å². The molecule has 1 heterocycles. The molecule has 0 unspecified atom stereocenters. The van der Waals surface area contributed by atoms with E-state index in [1.54, 1.807) is 7.11 Å². The van der Waals surface area contributed by atoms with Gasteiger partial charge in [-0.05, 0) is 39.5 Å². The van der Waals surface area contributed by atoms with E-state index in [-0.39, 0.29) is 0 Å². The molecule has 6 nitrogen and oxygen atoms in total. The zero-order valence-corrected chi connectivity index (χ0v) is 15.2. The fourth-order valence-corrected chi connectivity index (χ4v) is 2.64. The summed E-state index contributed by atoms with van der Waals surface area (Å²) in [6.45, 7) is 10.9. The molecule has 1 fully saturated rings. The highest BCUT2D eigenvalue weighted by atomic mass is 16.5. The standard InChI is InChI=1S/C17H35N3O3/c1-4-18-17(19-10-6-7-13-22-15-14-21-3)20-11-8-16(9-12-20)23-5-2/h16H,4-15H2,1-3H3,(H,18,19). The van der Waals surface area contributed by atoms with Gasteiger partial charge in [0.1, 0.15) is 0 Å². The van der Waals surface area contributed by atoms with E-state index < -0.39 is 0 Å². The largest absolute Gasteiger partial charge is 0.382 e. The highest BCUT2D eigenvalue weighted by Gasteiger charge is 2.21. The average Bonchev–Trinajstić information content (AvgIpc) is 2.57. The summed E-state index contributed by atoms with van der Waals surface area (Å²) in [5.41, 5.74) is 0. The van der Waals surface area contributed by atoms with E-state index in [9.17, 15) is 0 Å². The zero-order valence-electron chi connectivity index (χ0n) is 15.2. The van der Waals surface area contributed by atoms with Crippen molar-refractivity contribution in [3.8, 4) is 0 Å². The van der Waals surface area contributed by atoms with Crippen LogP contribution in [0.4, 0.5) is 0 Å². The molecule has 0 aromatic carbocycles. The quantitative estimate of drug-likeness (QED) is 0.356. The number of nitrogens with one attached hydrogen (secondary N) is 1. The summed E-state index contributed by atoms with van der Waals surface area (Å²) in [6, 6.07) is 0. The van der Waals surface area contributed by atoms with E-state index >= 15 is 0 Å². The van der Waals surface area contributed by atoms with Crippen LogP contribution in [0.5, 0.6) is 0 Å². The number of nitrogens with zero attached hydrogens (tertiary/aromatic N) is 2. The van der Waals surface area contributed by atoms with Gasteiger partial charge in [0.25, 0.3) is 0 Å². The van der Waals surface area contributed by atoms with Crippen LogP contribution in [0, 0.1) is 0 Å². The van der Waals surface area contributed by atoms with Gasteiger partial charge in [-0.2, -0.15) is 0 Å². The zero-order chi connectivity index (χ0) is 16.8. The number of unbranched alkanes of at least 4 members (excludes halogenated alkanes) is 1. The summed E-state index contributed by atoms with van der Waals surface area (Å²) in [7, 11) is 1.69. The van der Waals surface area contributed by atoms with Crippen molar-refractivity contribution in [3.05, 3.63) is 0 Å².